The number of benzene rings is 4. The summed E-state index contributed by atoms with van der Waals surface area (Å²) in [6.07, 6.45) is 1.55. The zero-order valence-corrected chi connectivity index (χ0v) is 32.4. The van der Waals surface area contributed by atoms with E-state index in [2.05, 4.69) is 20.4 Å². The molecule has 0 bridgehead atoms. The van der Waals surface area contributed by atoms with Crippen LogP contribution in [0.15, 0.2) is 128 Å². The molecule has 2 aromatic heterocycles. The monoisotopic (exact) mass is 786 g/mol. The zero-order valence-electron chi connectivity index (χ0n) is 32.4. The Labute approximate surface area is 334 Å². The number of para-hydroxylation sites is 2. The van der Waals surface area contributed by atoms with Gasteiger partial charge in [-0.25, -0.2) is 19.8 Å². The number of nitrogens with zero attached hydrogens (tertiary/aromatic N) is 4. The van der Waals surface area contributed by atoms with Gasteiger partial charge in [0.05, 0.1) is 11.8 Å². The summed E-state index contributed by atoms with van der Waals surface area (Å²) in [5.41, 5.74) is 1.78. The first-order chi connectivity index (χ1) is 28.3. The van der Waals surface area contributed by atoms with Crippen LogP contribution in [0.5, 0.6) is 23.0 Å². The lowest BCUT2D eigenvalue weighted by molar-refractivity contribution is -0.168. The van der Waals surface area contributed by atoms with Crippen LogP contribution >= 0.6 is 0 Å². The molecule has 0 radical (unpaired) electrons. The van der Waals surface area contributed by atoms with Gasteiger partial charge in [0.25, 0.3) is 0 Å². The van der Waals surface area contributed by atoms with Crippen LogP contribution in [0.25, 0.3) is 0 Å². The molecule has 0 unspecified atom stereocenters. The topological polar surface area (TPSA) is 177 Å². The van der Waals surface area contributed by atoms with Crippen LogP contribution in [0, 0.1) is 23.7 Å². The molecule has 6 aromatic rings. The molecule has 4 aromatic carbocycles. The molecular formula is C44H46N6O8. The predicted molar refractivity (Wildman–Crippen MR) is 213 cm³/mol. The fraction of sp³-hybridized carbons (Fsp3) is 0.318. The lowest BCUT2D eigenvalue weighted by atomic mass is 9.53. The number of hydrogen-bond acceptors (Lipinski definition) is 10. The van der Waals surface area contributed by atoms with E-state index in [1.807, 2.05) is 123 Å². The van der Waals surface area contributed by atoms with E-state index in [0.717, 1.165) is 11.1 Å². The lowest BCUT2D eigenvalue weighted by Crippen LogP contribution is -2.61. The van der Waals surface area contributed by atoms with Gasteiger partial charge in [0.1, 0.15) is 23.0 Å². The van der Waals surface area contributed by atoms with Crippen molar-refractivity contribution >= 4 is 11.8 Å². The Balaban J connectivity index is 1.17. The molecule has 0 spiro atoms. The average Bonchev–Trinajstić information content (AvgIpc) is 3.86. The maximum atomic E-state index is 15.0. The van der Waals surface area contributed by atoms with Gasteiger partial charge in [0.15, 0.2) is 0 Å². The van der Waals surface area contributed by atoms with E-state index in [-0.39, 0.29) is 36.4 Å². The molecule has 1 saturated carbocycles. The van der Waals surface area contributed by atoms with Crippen molar-refractivity contribution in [3.63, 3.8) is 0 Å². The second-order valence-corrected chi connectivity index (χ2v) is 14.4. The van der Waals surface area contributed by atoms with Crippen molar-refractivity contribution in [3.8, 4) is 23.0 Å². The highest BCUT2D eigenvalue weighted by molar-refractivity contribution is 5.90. The number of amides is 2. The number of nitrogens with one attached hydrogen (secondary N) is 2. The largest absolute Gasteiger partial charge is 0.457 e. The molecule has 1 aliphatic carbocycles. The van der Waals surface area contributed by atoms with Crippen LogP contribution in [-0.4, -0.2) is 55.1 Å². The van der Waals surface area contributed by atoms with Crippen molar-refractivity contribution in [2.45, 2.75) is 52.6 Å². The fourth-order valence-electron chi connectivity index (χ4n) is 7.76. The van der Waals surface area contributed by atoms with Crippen LogP contribution in [0.4, 0.5) is 0 Å². The summed E-state index contributed by atoms with van der Waals surface area (Å²) in [5, 5.41) is 12.7. The second kappa shape index (κ2) is 18.5. The van der Waals surface area contributed by atoms with E-state index in [0.29, 0.717) is 62.0 Å². The Hall–Kier alpha value is -6.70. The lowest BCUT2D eigenvalue weighted by Gasteiger charge is -2.52. The Kier molecular flexibility index (Phi) is 12.6. The smallest absolute Gasteiger partial charge is 0.434 e. The molecule has 14 heteroatoms. The van der Waals surface area contributed by atoms with Crippen molar-refractivity contribution < 1.29 is 27.9 Å². The van der Waals surface area contributed by atoms with Crippen LogP contribution in [0.2, 0.25) is 0 Å². The van der Waals surface area contributed by atoms with Crippen LogP contribution in [0.1, 0.15) is 49.6 Å². The molecule has 2 N–H and O–H groups in total. The van der Waals surface area contributed by atoms with E-state index < -0.39 is 35.2 Å². The Bertz CT molecular complexity index is 2190. The van der Waals surface area contributed by atoms with Gasteiger partial charge in [-0.1, -0.05) is 74.5 Å². The first-order valence-corrected chi connectivity index (χ1v) is 19.6. The summed E-state index contributed by atoms with van der Waals surface area (Å²) >= 11 is 0. The van der Waals surface area contributed by atoms with Crippen molar-refractivity contribution in [2.24, 2.45) is 23.7 Å². The minimum atomic E-state index is -0.807. The molecule has 0 saturated heterocycles. The Morgan fingerprint density at radius 2 is 0.931 bits per heavy atom. The third kappa shape index (κ3) is 9.63. The van der Waals surface area contributed by atoms with Crippen molar-refractivity contribution in [2.75, 3.05) is 13.1 Å². The van der Waals surface area contributed by atoms with Gasteiger partial charge in [-0.05, 0) is 84.3 Å². The quantitative estimate of drug-likeness (QED) is 0.0946. The summed E-state index contributed by atoms with van der Waals surface area (Å²) in [4.78, 5) is 57.5. The van der Waals surface area contributed by atoms with E-state index in [4.69, 9.17) is 18.3 Å². The maximum absolute atomic E-state index is 15.0. The van der Waals surface area contributed by atoms with E-state index in [9.17, 15) is 19.2 Å². The number of aromatic nitrogens is 4. The van der Waals surface area contributed by atoms with Gasteiger partial charge in [-0.2, -0.15) is 0 Å². The summed E-state index contributed by atoms with van der Waals surface area (Å²) < 4.78 is 22.6. The zero-order chi connectivity index (χ0) is 40.4. The molecule has 1 aliphatic rings. The normalized spacial score (nSPS) is 17.3. The molecule has 14 nitrogen and oxygen atoms in total. The minimum absolute atomic E-state index is 0.0976. The van der Waals surface area contributed by atoms with Gasteiger partial charge >= 0.3 is 11.5 Å². The van der Waals surface area contributed by atoms with Crippen molar-refractivity contribution in [1.29, 1.82) is 0 Å². The minimum Gasteiger partial charge on any atom is -0.457 e. The molecule has 4 atom stereocenters. The van der Waals surface area contributed by atoms with Crippen molar-refractivity contribution in [1.82, 2.24) is 30.2 Å². The number of ether oxygens (including phenoxy) is 2. The molecule has 2 heterocycles. The van der Waals surface area contributed by atoms with Gasteiger partial charge < -0.3 is 28.1 Å². The van der Waals surface area contributed by atoms with Gasteiger partial charge in [0.2, 0.25) is 23.6 Å². The SMILES string of the molecule is CCCN(Cc1ccc(Oc2ccccc2)cc1)C(=O)[C@@H]1[C@H](Cc2n[nH]c(=O)o2)[C@@H](Cc2n[nH]c(=O)o2)[C@H]1C(=O)N(CCC)Cc1ccc(Oc2ccccc2)cc1. The number of carbonyl (C=O) groups excluding carboxylic acids is 2. The highest BCUT2D eigenvalue weighted by Gasteiger charge is 2.59. The van der Waals surface area contributed by atoms with Crippen LogP contribution < -0.4 is 21.0 Å². The summed E-state index contributed by atoms with van der Waals surface area (Å²) in [5.74, 6) is -1.48. The maximum Gasteiger partial charge on any atom is 0.434 e. The molecule has 1 fully saturated rings. The Morgan fingerprint density at radius 3 is 1.26 bits per heavy atom. The molecule has 0 aliphatic heterocycles. The predicted octanol–water partition coefficient (Wildman–Crippen LogP) is 6.77. The fourth-order valence-corrected chi connectivity index (χ4v) is 7.76. The van der Waals surface area contributed by atoms with Gasteiger partial charge in [0, 0.05) is 39.0 Å². The number of aromatic amines is 2. The van der Waals surface area contributed by atoms with Gasteiger partial charge in [-0.3, -0.25) is 9.59 Å². The summed E-state index contributed by atoms with van der Waals surface area (Å²) in [6, 6.07) is 34.1. The number of rotatable bonds is 18. The second-order valence-electron chi connectivity index (χ2n) is 14.4. The molecule has 7 rings (SSSR count). The summed E-state index contributed by atoms with van der Waals surface area (Å²) in [6.45, 7) is 5.48. The molecule has 2 amide bonds. The first-order valence-electron chi connectivity index (χ1n) is 19.6. The standard InChI is InChI=1S/C44H46N6O8/c1-3-23-49(27-29-15-19-33(20-16-29)55-31-11-7-5-8-12-31)41(51)39-35(25-37-45-47-43(53)57-37)36(26-38-46-48-44(54)58-38)40(39)42(52)50(24-4-2)28-30-17-21-34(22-18-30)56-32-13-9-6-10-14-32/h5-22,35-36,39-40H,3-4,23-28H2,1-2H3,(H,47,53)(H,48,54)/t35-,36-,39-,40-/m1/s1. The van der Waals surface area contributed by atoms with E-state index >= 15 is 0 Å². The third-order valence-electron chi connectivity index (χ3n) is 10.4. The molecule has 300 valence electrons. The van der Waals surface area contributed by atoms with Gasteiger partial charge in [-0.15, -0.1) is 10.2 Å². The summed E-state index contributed by atoms with van der Waals surface area (Å²) in [7, 11) is 0. The Morgan fingerprint density at radius 1 is 0.569 bits per heavy atom. The first kappa shape index (κ1) is 39.5. The van der Waals surface area contributed by atoms with Crippen molar-refractivity contribution in [3.05, 3.63) is 153 Å². The number of carbonyl (C=O) groups is 2. The molecular weight excluding hydrogens is 741 g/mol. The highest BCUT2D eigenvalue weighted by Crippen LogP contribution is 2.51. The third-order valence-corrected chi connectivity index (χ3v) is 10.4. The van der Waals surface area contributed by atoms with Crippen LogP contribution in [0.3, 0.4) is 0 Å². The van der Waals surface area contributed by atoms with E-state index in [1.54, 1.807) is 9.80 Å². The van der Waals surface area contributed by atoms with E-state index in [1.165, 1.54) is 0 Å². The number of H-pyrrole nitrogens is 2. The van der Waals surface area contributed by atoms with Crippen LogP contribution in [-0.2, 0) is 35.5 Å². The number of hydrogen-bond donors (Lipinski definition) is 2. The molecule has 58 heavy (non-hydrogen) atoms. The average molecular weight is 787 g/mol. The highest BCUT2D eigenvalue weighted by atomic mass is 16.5.